The van der Waals surface area contributed by atoms with Crippen LogP contribution in [-0.2, 0) is 22.7 Å². The molecule has 3 rings (SSSR count). The minimum Gasteiger partial charge on any atom is -0.461 e. The first kappa shape index (κ1) is 25.1. The van der Waals surface area contributed by atoms with Gasteiger partial charge in [-0.25, -0.2) is 4.79 Å². The first-order valence-electron chi connectivity index (χ1n) is 10.7. The highest BCUT2D eigenvalue weighted by Crippen LogP contribution is 2.23. The maximum Gasteiger partial charge on any atom is 0.329 e. The first-order chi connectivity index (χ1) is 16.0. The van der Waals surface area contributed by atoms with E-state index in [1.54, 1.807) is 45.3 Å². The highest BCUT2D eigenvalue weighted by Gasteiger charge is 2.26. The molecule has 0 aliphatic rings. The van der Waals surface area contributed by atoms with Gasteiger partial charge in [-0.3, -0.25) is 28.9 Å². The van der Waals surface area contributed by atoms with Crippen LogP contribution in [0, 0.1) is 13.8 Å². The summed E-state index contributed by atoms with van der Waals surface area (Å²) in [4.78, 5) is 57.4. The number of carbonyl (C=O) groups is 2. The Morgan fingerprint density at radius 2 is 1.85 bits per heavy atom. The van der Waals surface area contributed by atoms with Crippen LogP contribution in [0.3, 0.4) is 0 Å². The lowest BCUT2D eigenvalue weighted by Gasteiger charge is -2.20. The van der Waals surface area contributed by atoms with Gasteiger partial charge in [-0.05, 0) is 54.7 Å². The number of benzene rings is 1. The van der Waals surface area contributed by atoms with E-state index >= 15 is 0 Å². The average molecular weight is 484 g/mol. The second-order valence-corrected chi connectivity index (χ2v) is 8.92. The number of aromatic amines is 1. The third-order valence-corrected chi connectivity index (χ3v) is 5.66. The molecular weight excluding hydrogens is 458 g/mol. The number of rotatable bonds is 7. The predicted octanol–water partition coefficient (Wildman–Crippen LogP) is 3.67. The highest BCUT2D eigenvalue weighted by molar-refractivity contribution is 6.31. The Morgan fingerprint density at radius 3 is 2.47 bits per heavy atom. The molecule has 0 atom stereocenters. The molecule has 0 radical (unpaired) electrons. The molecule has 1 N–H and O–H groups in total. The SMILES string of the molecule is CC(=O)OCc1cncc(C)c1Cn1c(C(=O)c2cc(C)cc(Cl)c2)c(C(C)C)c(=O)[nH]c1=O. The van der Waals surface area contributed by atoms with E-state index in [0.717, 1.165) is 11.1 Å². The molecule has 34 heavy (non-hydrogen) atoms. The van der Waals surface area contributed by atoms with Crippen molar-refractivity contribution in [3.63, 3.8) is 0 Å². The van der Waals surface area contributed by atoms with Crippen LogP contribution in [0.25, 0.3) is 0 Å². The van der Waals surface area contributed by atoms with E-state index in [0.29, 0.717) is 16.1 Å². The molecule has 0 aliphatic heterocycles. The fourth-order valence-corrected chi connectivity index (χ4v) is 4.15. The summed E-state index contributed by atoms with van der Waals surface area (Å²) >= 11 is 6.18. The summed E-state index contributed by atoms with van der Waals surface area (Å²) in [7, 11) is 0. The summed E-state index contributed by atoms with van der Waals surface area (Å²) in [6.45, 7) is 8.41. The molecule has 0 fully saturated rings. The summed E-state index contributed by atoms with van der Waals surface area (Å²) in [5, 5.41) is 0.377. The molecule has 0 saturated heterocycles. The van der Waals surface area contributed by atoms with Crippen LogP contribution < -0.4 is 11.2 Å². The highest BCUT2D eigenvalue weighted by atomic mass is 35.5. The Morgan fingerprint density at radius 1 is 1.15 bits per heavy atom. The lowest BCUT2D eigenvalue weighted by Crippen LogP contribution is -2.38. The van der Waals surface area contributed by atoms with E-state index in [-0.39, 0.29) is 35.9 Å². The predicted molar refractivity (Wildman–Crippen MR) is 129 cm³/mol. The number of halogens is 1. The zero-order valence-electron chi connectivity index (χ0n) is 19.7. The number of hydrogen-bond donors (Lipinski definition) is 1. The van der Waals surface area contributed by atoms with E-state index in [2.05, 4.69) is 9.97 Å². The minimum absolute atomic E-state index is 0.0000604. The van der Waals surface area contributed by atoms with Crippen LogP contribution >= 0.6 is 11.6 Å². The van der Waals surface area contributed by atoms with Crippen LogP contribution in [0.4, 0.5) is 0 Å². The van der Waals surface area contributed by atoms with Crippen molar-refractivity contribution in [1.29, 1.82) is 0 Å². The second kappa shape index (κ2) is 10.2. The Kier molecular flexibility index (Phi) is 7.51. The smallest absolute Gasteiger partial charge is 0.329 e. The fourth-order valence-electron chi connectivity index (χ4n) is 3.86. The van der Waals surface area contributed by atoms with Gasteiger partial charge in [0.1, 0.15) is 12.3 Å². The number of hydrogen-bond acceptors (Lipinski definition) is 6. The van der Waals surface area contributed by atoms with Crippen LogP contribution in [0.15, 0.2) is 40.2 Å². The molecule has 0 spiro atoms. The Hall–Kier alpha value is -3.52. The Balaban J connectivity index is 2.27. The number of nitrogens with one attached hydrogen (secondary N) is 1. The number of nitrogens with zero attached hydrogens (tertiary/aromatic N) is 2. The third-order valence-electron chi connectivity index (χ3n) is 5.44. The van der Waals surface area contributed by atoms with Gasteiger partial charge in [-0.15, -0.1) is 0 Å². The van der Waals surface area contributed by atoms with Crippen molar-refractivity contribution in [3.05, 3.63) is 95.5 Å². The maximum absolute atomic E-state index is 13.7. The van der Waals surface area contributed by atoms with Crippen molar-refractivity contribution in [3.8, 4) is 0 Å². The molecule has 0 amide bonds. The van der Waals surface area contributed by atoms with Crippen LogP contribution in [0.1, 0.15) is 70.6 Å². The minimum atomic E-state index is -0.717. The van der Waals surface area contributed by atoms with Gasteiger partial charge in [0.25, 0.3) is 5.56 Å². The van der Waals surface area contributed by atoms with E-state index in [1.165, 1.54) is 17.6 Å². The summed E-state index contributed by atoms with van der Waals surface area (Å²) in [5.41, 5.74) is 1.93. The number of carbonyl (C=O) groups excluding carboxylic acids is 2. The molecule has 178 valence electrons. The first-order valence-corrected chi connectivity index (χ1v) is 11.1. The number of pyridine rings is 1. The van der Waals surface area contributed by atoms with Gasteiger partial charge in [0.05, 0.1) is 6.54 Å². The van der Waals surface area contributed by atoms with Gasteiger partial charge in [-0.2, -0.15) is 0 Å². The Bertz CT molecular complexity index is 1370. The van der Waals surface area contributed by atoms with E-state index < -0.39 is 23.0 Å². The van der Waals surface area contributed by atoms with Crippen molar-refractivity contribution >= 4 is 23.4 Å². The van der Waals surface area contributed by atoms with Gasteiger partial charge >= 0.3 is 11.7 Å². The van der Waals surface area contributed by atoms with Gasteiger partial charge in [-0.1, -0.05) is 25.4 Å². The number of ketones is 1. The monoisotopic (exact) mass is 483 g/mol. The lowest BCUT2D eigenvalue weighted by atomic mass is 9.96. The van der Waals surface area contributed by atoms with Gasteiger partial charge in [0, 0.05) is 41.0 Å². The summed E-state index contributed by atoms with van der Waals surface area (Å²) in [6.07, 6.45) is 3.17. The molecule has 3 aromatic rings. The molecule has 9 heteroatoms. The van der Waals surface area contributed by atoms with Crippen molar-refractivity contribution in [2.45, 2.75) is 53.7 Å². The van der Waals surface area contributed by atoms with Gasteiger partial charge in [0.2, 0.25) is 5.78 Å². The van der Waals surface area contributed by atoms with Crippen molar-refractivity contribution in [2.24, 2.45) is 0 Å². The molecular formula is C25H26ClN3O5. The second-order valence-electron chi connectivity index (χ2n) is 8.48. The van der Waals surface area contributed by atoms with E-state index in [1.807, 2.05) is 6.92 Å². The Labute approximate surface area is 201 Å². The van der Waals surface area contributed by atoms with Crippen LogP contribution in [-0.4, -0.2) is 26.3 Å². The molecule has 2 aromatic heterocycles. The standard InChI is InChI=1S/C25H26ClN3O5/c1-13(2)21-22(23(31)17-6-14(3)7-19(26)8-17)29(25(33)28-24(21)32)11-20-15(4)9-27-10-18(20)12-34-16(5)30/h6-10,13H,11-12H2,1-5H3,(H,28,32,33). The molecule has 0 bridgehead atoms. The zero-order valence-corrected chi connectivity index (χ0v) is 20.4. The fraction of sp³-hybridized carbons (Fsp3) is 0.320. The summed E-state index contributed by atoms with van der Waals surface area (Å²) in [6, 6.07) is 4.90. The number of aryl methyl sites for hydroxylation is 2. The van der Waals surface area contributed by atoms with Gasteiger partial charge < -0.3 is 4.74 Å². The quantitative estimate of drug-likeness (QED) is 0.405. The summed E-state index contributed by atoms with van der Waals surface area (Å²) < 4.78 is 6.40. The molecule has 0 aliphatic carbocycles. The molecule has 8 nitrogen and oxygen atoms in total. The van der Waals surface area contributed by atoms with Gasteiger partial charge in [0.15, 0.2) is 0 Å². The average Bonchev–Trinajstić information content (AvgIpc) is 2.73. The number of H-pyrrole nitrogens is 1. The third kappa shape index (κ3) is 5.34. The van der Waals surface area contributed by atoms with Crippen LogP contribution in [0.2, 0.25) is 5.02 Å². The molecule has 2 heterocycles. The largest absolute Gasteiger partial charge is 0.461 e. The van der Waals surface area contributed by atoms with Crippen molar-refractivity contribution in [2.75, 3.05) is 0 Å². The van der Waals surface area contributed by atoms with Crippen molar-refractivity contribution < 1.29 is 14.3 Å². The summed E-state index contributed by atoms with van der Waals surface area (Å²) in [5.74, 6) is -1.28. The molecule has 1 aromatic carbocycles. The lowest BCUT2D eigenvalue weighted by molar-refractivity contribution is -0.142. The zero-order chi connectivity index (χ0) is 25.2. The van der Waals surface area contributed by atoms with Crippen molar-refractivity contribution in [1.82, 2.24) is 14.5 Å². The van der Waals surface area contributed by atoms with E-state index in [9.17, 15) is 19.2 Å². The number of esters is 1. The topological polar surface area (TPSA) is 111 Å². The normalized spacial score (nSPS) is 11.0. The number of aromatic nitrogens is 3. The molecule has 0 unspecified atom stereocenters. The number of ether oxygens (including phenoxy) is 1. The maximum atomic E-state index is 13.7. The molecule has 0 saturated carbocycles. The van der Waals surface area contributed by atoms with Crippen LogP contribution in [0.5, 0.6) is 0 Å². The van der Waals surface area contributed by atoms with E-state index in [4.69, 9.17) is 16.3 Å².